The Labute approximate surface area is 154 Å². The number of halogens is 1. The number of carbonyl (C=O) groups excluding carboxylic acids is 1. The minimum absolute atomic E-state index is 0.0346. The molecule has 0 saturated carbocycles. The molecule has 0 aliphatic carbocycles. The Morgan fingerprint density at radius 3 is 2.69 bits per heavy atom. The fourth-order valence-corrected chi connectivity index (χ4v) is 2.99. The van der Waals surface area contributed by atoms with Crippen LogP contribution in [-0.4, -0.2) is 20.5 Å². The van der Waals surface area contributed by atoms with Crippen LogP contribution in [0.25, 0.3) is 16.5 Å². The molecule has 0 atom stereocenters. The summed E-state index contributed by atoms with van der Waals surface area (Å²) in [6, 6.07) is 18.9. The molecule has 4 rings (SSSR count). The number of carbonyl (C=O) groups is 1. The predicted octanol–water partition coefficient (Wildman–Crippen LogP) is 4.43. The van der Waals surface area contributed by atoms with E-state index in [1.165, 1.54) is 0 Å². The maximum atomic E-state index is 12.4. The Hall–Kier alpha value is -3.18. The van der Waals surface area contributed by atoms with Crippen LogP contribution in [0.4, 0.5) is 0 Å². The molecular weight excluding hydrogens is 350 g/mol. The standard InChI is InChI=1S/C20H14ClN3O2/c21-19-16-9-5-4-6-14(16)12-17(23-19)20(25)26-13-18-22-10-11-24(18)15-7-2-1-3-8-15/h1-12H,13H2. The largest absolute Gasteiger partial charge is 0.453 e. The number of esters is 1. The molecule has 4 aromatic rings. The minimum atomic E-state index is -0.541. The van der Waals surface area contributed by atoms with Crippen molar-refractivity contribution >= 4 is 28.3 Å². The van der Waals surface area contributed by atoms with Crippen molar-refractivity contribution in [2.75, 3.05) is 0 Å². The van der Waals surface area contributed by atoms with Gasteiger partial charge in [-0.25, -0.2) is 14.8 Å². The summed E-state index contributed by atoms with van der Waals surface area (Å²) in [5, 5.41) is 1.91. The lowest BCUT2D eigenvalue weighted by Crippen LogP contribution is -2.10. The fourth-order valence-electron chi connectivity index (χ4n) is 2.73. The number of hydrogen-bond acceptors (Lipinski definition) is 4. The van der Waals surface area contributed by atoms with Crippen molar-refractivity contribution in [3.63, 3.8) is 0 Å². The maximum absolute atomic E-state index is 12.4. The molecule has 0 unspecified atom stereocenters. The molecule has 0 fully saturated rings. The SMILES string of the molecule is O=C(OCc1nccn1-c1ccccc1)c1cc2ccccc2c(Cl)n1. The van der Waals surface area contributed by atoms with Gasteiger partial charge in [-0.3, -0.25) is 0 Å². The number of fused-ring (bicyclic) bond motifs is 1. The van der Waals surface area contributed by atoms with Crippen molar-refractivity contribution in [2.24, 2.45) is 0 Å². The Kier molecular flexibility index (Phi) is 4.37. The van der Waals surface area contributed by atoms with Gasteiger partial charge in [0.15, 0.2) is 11.5 Å². The van der Waals surface area contributed by atoms with Crippen molar-refractivity contribution in [3.8, 4) is 5.69 Å². The van der Waals surface area contributed by atoms with Gasteiger partial charge in [0.25, 0.3) is 0 Å². The molecule has 0 N–H and O–H groups in total. The predicted molar refractivity (Wildman–Crippen MR) is 99.4 cm³/mol. The summed E-state index contributed by atoms with van der Waals surface area (Å²) in [5.41, 5.74) is 1.12. The third kappa shape index (κ3) is 3.17. The zero-order valence-electron chi connectivity index (χ0n) is 13.7. The minimum Gasteiger partial charge on any atom is -0.453 e. The third-order valence-corrected chi connectivity index (χ3v) is 4.28. The van der Waals surface area contributed by atoms with E-state index < -0.39 is 5.97 Å². The summed E-state index contributed by atoms with van der Waals surface area (Å²) in [4.78, 5) is 20.8. The van der Waals surface area contributed by atoms with Crippen LogP contribution < -0.4 is 0 Å². The summed E-state index contributed by atoms with van der Waals surface area (Å²) >= 11 is 6.18. The molecule has 128 valence electrons. The van der Waals surface area contributed by atoms with Gasteiger partial charge in [-0.15, -0.1) is 0 Å². The average Bonchev–Trinajstić information content (AvgIpc) is 3.15. The Balaban J connectivity index is 1.54. The second-order valence-corrected chi connectivity index (χ2v) is 6.00. The monoisotopic (exact) mass is 363 g/mol. The third-order valence-electron chi connectivity index (χ3n) is 3.99. The van der Waals surface area contributed by atoms with E-state index in [-0.39, 0.29) is 17.5 Å². The molecule has 2 aromatic heterocycles. The smallest absolute Gasteiger partial charge is 0.357 e. The number of nitrogens with zero attached hydrogens (tertiary/aromatic N) is 3. The van der Waals surface area contributed by atoms with Gasteiger partial charge in [-0.1, -0.05) is 54.1 Å². The van der Waals surface area contributed by atoms with Gasteiger partial charge >= 0.3 is 5.97 Å². The van der Waals surface area contributed by atoms with Crippen LogP contribution in [0.3, 0.4) is 0 Å². The molecule has 6 heteroatoms. The first-order valence-electron chi connectivity index (χ1n) is 8.02. The number of imidazole rings is 1. The summed E-state index contributed by atoms with van der Waals surface area (Å²) in [6.07, 6.45) is 3.49. The van der Waals surface area contributed by atoms with E-state index in [0.29, 0.717) is 5.82 Å². The molecule has 0 bridgehead atoms. The van der Waals surface area contributed by atoms with Gasteiger partial charge in [0, 0.05) is 23.5 Å². The molecule has 0 saturated heterocycles. The normalized spacial score (nSPS) is 10.8. The van der Waals surface area contributed by atoms with Gasteiger partial charge in [-0.05, 0) is 23.6 Å². The van der Waals surface area contributed by atoms with E-state index in [2.05, 4.69) is 9.97 Å². The number of ether oxygens (including phenoxy) is 1. The summed E-state index contributed by atoms with van der Waals surface area (Å²) in [6.45, 7) is 0.0346. The number of pyridine rings is 1. The van der Waals surface area contributed by atoms with Crippen molar-refractivity contribution in [1.82, 2.24) is 14.5 Å². The molecule has 2 aromatic carbocycles. The molecule has 0 aliphatic rings. The molecule has 0 radical (unpaired) electrons. The van der Waals surface area contributed by atoms with E-state index in [0.717, 1.165) is 16.5 Å². The molecule has 2 heterocycles. The van der Waals surface area contributed by atoms with Crippen LogP contribution in [-0.2, 0) is 11.3 Å². The van der Waals surface area contributed by atoms with Crippen LogP contribution in [0.1, 0.15) is 16.3 Å². The van der Waals surface area contributed by atoms with Crippen molar-refractivity contribution in [3.05, 3.63) is 89.7 Å². The number of para-hydroxylation sites is 1. The van der Waals surface area contributed by atoms with Gasteiger partial charge in [0.05, 0.1) is 0 Å². The highest BCUT2D eigenvalue weighted by Gasteiger charge is 2.14. The zero-order chi connectivity index (χ0) is 17.9. The lowest BCUT2D eigenvalue weighted by Gasteiger charge is -2.09. The quantitative estimate of drug-likeness (QED) is 0.397. The number of rotatable bonds is 4. The van der Waals surface area contributed by atoms with E-state index in [9.17, 15) is 4.79 Å². The van der Waals surface area contributed by atoms with Crippen LogP contribution in [0.5, 0.6) is 0 Å². The topological polar surface area (TPSA) is 57.0 Å². The Morgan fingerprint density at radius 2 is 1.85 bits per heavy atom. The molecule has 26 heavy (non-hydrogen) atoms. The summed E-state index contributed by atoms with van der Waals surface area (Å²) in [7, 11) is 0. The van der Waals surface area contributed by atoms with E-state index in [1.807, 2.05) is 65.4 Å². The summed E-state index contributed by atoms with van der Waals surface area (Å²) in [5.74, 6) is 0.0803. The van der Waals surface area contributed by atoms with Gasteiger partial charge in [0.2, 0.25) is 0 Å². The average molecular weight is 364 g/mol. The fraction of sp³-hybridized carbons (Fsp3) is 0.0500. The first kappa shape index (κ1) is 16.3. The van der Waals surface area contributed by atoms with Gasteiger partial charge in [-0.2, -0.15) is 0 Å². The highest BCUT2D eigenvalue weighted by atomic mass is 35.5. The van der Waals surface area contributed by atoms with Crippen molar-refractivity contribution in [2.45, 2.75) is 6.61 Å². The van der Waals surface area contributed by atoms with E-state index >= 15 is 0 Å². The zero-order valence-corrected chi connectivity index (χ0v) is 14.4. The molecule has 5 nitrogen and oxygen atoms in total. The lowest BCUT2D eigenvalue weighted by atomic mass is 10.1. The second-order valence-electron chi connectivity index (χ2n) is 5.64. The van der Waals surface area contributed by atoms with Crippen molar-refractivity contribution in [1.29, 1.82) is 0 Å². The number of benzene rings is 2. The van der Waals surface area contributed by atoms with Crippen LogP contribution in [0.2, 0.25) is 5.15 Å². The molecule has 0 amide bonds. The first-order chi connectivity index (χ1) is 12.7. The maximum Gasteiger partial charge on any atom is 0.357 e. The second kappa shape index (κ2) is 6.98. The first-order valence-corrected chi connectivity index (χ1v) is 8.40. The number of aromatic nitrogens is 3. The van der Waals surface area contributed by atoms with Gasteiger partial charge < -0.3 is 9.30 Å². The molecular formula is C20H14ClN3O2. The highest BCUT2D eigenvalue weighted by Crippen LogP contribution is 2.22. The van der Waals surface area contributed by atoms with Crippen LogP contribution in [0, 0.1) is 0 Å². The lowest BCUT2D eigenvalue weighted by molar-refractivity contribution is 0.0454. The van der Waals surface area contributed by atoms with E-state index in [1.54, 1.807) is 12.3 Å². The summed E-state index contributed by atoms with van der Waals surface area (Å²) < 4.78 is 7.26. The Morgan fingerprint density at radius 1 is 1.08 bits per heavy atom. The van der Waals surface area contributed by atoms with Gasteiger partial charge in [0.1, 0.15) is 11.8 Å². The van der Waals surface area contributed by atoms with Crippen LogP contribution in [0.15, 0.2) is 73.1 Å². The Bertz CT molecular complexity index is 1080. The van der Waals surface area contributed by atoms with E-state index in [4.69, 9.17) is 16.3 Å². The van der Waals surface area contributed by atoms with Crippen LogP contribution >= 0.6 is 11.6 Å². The molecule has 0 aliphatic heterocycles. The highest BCUT2D eigenvalue weighted by molar-refractivity contribution is 6.34. The van der Waals surface area contributed by atoms with Crippen molar-refractivity contribution < 1.29 is 9.53 Å². The molecule has 0 spiro atoms. The number of hydrogen-bond donors (Lipinski definition) is 0.